The number of hydrogen-bond donors (Lipinski definition) is 0. The largest absolute Gasteiger partial charge is 0.256 e. The number of nitrogens with zero attached hydrogens (tertiary/aromatic N) is 1. The van der Waals surface area contributed by atoms with Crippen LogP contribution in [0.3, 0.4) is 0 Å². The van der Waals surface area contributed by atoms with Crippen LogP contribution >= 0.6 is 0 Å². The molecule has 0 aliphatic rings. The minimum atomic E-state index is 1.11. The number of fused-ring (bicyclic) bond motifs is 1. The van der Waals surface area contributed by atoms with Crippen molar-refractivity contribution in [2.75, 3.05) is 0 Å². The second-order valence-corrected chi connectivity index (χ2v) is 4.03. The van der Waals surface area contributed by atoms with Crippen LogP contribution in [0.15, 0.2) is 30.5 Å². The minimum absolute atomic E-state index is 1.11. The molecule has 0 spiro atoms. The van der Waals surface area contributed by atoms with Crippen molar-refractivity contribution < 1.29 is 0 Å². The number of para-hydroxylation sites is 1. The smallest absolute Gasteiger partial charge is 0.0704 e. The topological polar surface area (TPSA) is 12.9 Å². The van der Waals surface area contributed by atoms with E-state index in [9.17, 15) is 0 Å². The average molecular weight is 199 g/mol. The fraction of sp³-hybridized carbons (Fsp3) is 0.357. The van der Waals surface area contributed by atoms with Crippen LogP contribution < -0.4 is 0 Å². The van der Waals surface area contributed by atoms with Crippen LogP contribution in [0, 0.1) is 6.92 Å². The first kappa shape index (κ1) is 10.2. The maximum atomic E-state index is 4.49. The molecule has 1 heteroatoms. The van der Waals surface area contributed by atoms with Crippen molar-refractivity contribution in [3.63, 3.8) is 0 Å². The van der Waals surface area contributed by atoms with Gasteiger partial charge in [-0.05, 0) is 37.0 Å². The van der Waals surface area contributed by atoms with Gasteiger partial charge < -0.3 is 0 Å². The molecule has 1 aromatic heterocycles. The van der Waals surface area contributed by atoms with Crippen molar-refractivity contribution >= 4 is 10.9 Å². The number of aromatic nitrogens is 1. The van der Waals surface area contributed by atoms with Gasteiger partial charge in [-0.15, -0.1) is 0 Å². The molecule has 2 aromatic rings. The summed E-state index contributed by atoms with van der Waals surface area (Å²) in [5.41, 5.74) is 3.90. The minimum Gasteiger partial charge on any atom is -0.256 e. The quantitative estimate of drug-likeness (QED) is 0.731. The van der Waals surface area contributed by atoms with Crippen molar-refractivity contribution in [2.45, 2.75) is 33.1 Å². The molecule has 0 saturated carbocycles. The van der Waals surface area contributed by atoms with Crippen LogP contribution in [0.5, 0.6) is 0 Å². The van der Waals surface area contributed by atoms with Gasteiger partial charge in [0.2, 0.25) is 0 Å². The van der Waals surface area contributed by atoms with Crippen LogP contribution in [0.1, 0.15) is 30.9 Å². The third-order valence-corrected chi connectivity index (χ3v) is 2.95. The zero-order valence-electron chi connectivity index (χ0n) is 9.46. The first-order chi connectivity index (χ1) is 7.33. The van der Waals surface area contributed by atoms with Crippen molar-refractivity contribution in [3.05, 3.63) is 41.6 Å². The highest BCUT2D eigenvalue weighted by Gasteiger charge is 2.03. The van der Waals surface area contributed by atoms with E-state index in [1.807, 2.05) is 12.3 Å². The Morgan fingerprint density at radius 2 is 2.00 bits per heavy atom. The summed E-state index contributed by atoms with van der Waals surface area (Å²) in [6, 6.07) is 8.36. The zero-order valence-corrected chi connectivity index (χ0v) is 9.46. The number of aryl methyl sites for hydroxylation is 2. The number of pyridine rings is 1. The predicted molar refractivity (Wildman–Crippen MR) is 65.1 cm³/mol. The summed E-state index contributed by atoms with van der Waals surface area (Å²) >= 11 is 0. The van der Waals surface area contributed by atoms with Gasteiger partial charge in [0, 0.05) is 11.6 Å². The first-order valence-electron chi connectivity index (χ1n) is 5.66. The molecule has 0 radical (unpaired) electrons. The molecular formula is C14H17N. The lowest BCUT2D eigenvalue weighted by molar-refractivity contribution is 0.790. The van der Waals surface area contributed by atoms with E-state index in [1.54, 1.807) is 0 Å². The molecular weight excluding hydrogens is 182 g/mol. The Bertz CT molecular complexity index is 460. The van der Waals surface area contributed by atoms with E-state index in [0.717, 1.165) is 11.9 Å². The standard InChI is InChI=1S/C14H17N/c1-3-4-7-12-10-15-14-9-6-5-8-13(14)11(12)2/h5-6,8-10H,3-4,7H2,1-2H3. The van der Waals surface area contributed by atoms with E-state index in [1.165, 1.54) is 29.4 Å². The third-order valence-electron chi connectivity index (χ3n) is 2.95. The highest BCUT2D eigenvalue weighted by atomic mass is 14.7. The lowest BCUT2D eigenvalue weighted by Gasteiger charge is -2.07. The molecule has 0 aliphatic carbocycles. The van der Waals surface area contributed by atoms with Crippen LogP contribution in [-0.2, 0) is 6.42 Å². The van der Waals surface area contributed by atoms with Crippen molar-refractivity contribution in [3.8, 4) is 0 Å². The second kappa shape index (κ2) is 4.43. The number of unbranched alkanes of at least 4 members (excludes halogenated alkanes) is 1. The normalized spacial score (nSPS) is 10.8. The molecule has 2 rings (SSSR count). The number of benzene rings is 1. The summed E-state index contributed by atoms with van der Waals surface area (Å²) in [4.78, 5) is 4.49. The van der Waals surface area contributed by atoms with E-state index in [4.69, 9.17) is 0 Å². The van der Waals surface area contributed by atoms with Gasteiger partial charge in [0.05, 0.1) is 5.52 Å². The van der Waals surface area contributed by atoms with Crippen molar-refractivity contribution in [1.82, 2.24) is 4.98 Å². The SMILES string of the molecule is CCCCc1cnc2ccccc2c1C. The molecule has 0 amide bonds. The zero-order chi connectivity index (χ0) is 10.7. The Morgan fingerprint density at radius 3 is 2.80 bits per heavy atom. The maximum Gasteiger partial charge on any atom is 0.0704 e. The van der Waals surface area contributed by atoms with E-state index < -0.39 is 0 Å². The fourth-order valence-corrected chi connectivity index (χ4v) is 1.94. The first-order valence-corrected chi connectivity index (χ1v) is 5.66. The van der Waals surface area contributed by atoms with Gasteiger partial charge in [-0.2, -0.15) is 0 Å². The fourth-order valence-electron chi connectivity index (χ4n) is 1.94. The lowest BCUT2D eigenvalue weighted by Crippen LogP contribution is -1.93. The van der Waals surface area contributed by atoms with Gasteiger partial charge in [-0.1, -0.05) is 31.5 Å². The van der Waals surface area contributed by atoms with E-state index in [2.05, 4.69) is 37.0 Å². The number of rotatable bonds is 3. The summed E-state index contributed by atoms with van der Waals surface area (Å²) in [6.07, 6.45) is 5.68. The number of hydrogen-bond acceptors (Lipinski definition) is 1. The highest BCUT2D eigenvalue weighted by molar-refractivity contribution is 5.82. The van der Waals surface area contributed by atoms with Gasteiger partial charge in [0.25, 0.3) is 0 Å². The molecule has 1 aromatic carbocycles. The molecule has 0 fully saturated rings. The van der Waals surface area contributed by atoms with Gasteiger partial charge in [0.15, 0.2) is 0 Å². The highest BCUT2D eigenvalue weighted by Crippen LogP contribution is 2.20. The van der Waals surface area contributed by atoms with Gasteiger partial charge in [0.1, 0.15) is 0 Å². The van der Waals surface area contributed by atoms with Gasteiger partial charge in [-0.25, -0.2) is 0 Å². The summed E-state index contributed by atoms with van der Waals surface area (Å²) in [6.45, 7) is 4.43. The molecule has 0 N–H and O–H groups in total. The Hall–Kier alpha value is -1.37. The molecule has 78 valence electrons. The van der Waals surface area contributed by atoms with E-state index >= 15 is 0 Å². The monoisotopic (exact) mass is 199 g/mol. The Balaban J connectivity index is 2.45. The molecule has 15 heavy (non-hydrogen) atoms. The van der Waals surface area contributed by atoms with Crippen LogP contribution in [0.4, 0.5) is 0 Å². The Kier molecular flexibility index (Phi) is 3.00. The maximum absolute atomic E-state index is 4.49. The molecule has 1 nitrogen and oxygen atoms in total. The van der Waals surface area contributed by atoms with E-state index in [-0.39, 0.29) is 0 Å². The molecule has 0 unspecified atom stereocenters. The second-order valence-electron chi connectivity index (χ2n) is 4.03. The summed E-state index contributed by atoms with van der Waals surface area (Å²) in [5.74, 6) is 0. The van der Waals surface area contributed by atoms with Gasteiger partial charge in [-0.3, -0.25) is 4.98 Å². The average Bonchev–Trinajstić information content (AvgIpc) is 2.29. The summed E-state index contributed by atoms with van der Waals surface area (Å²) in [5, 5.41) is 1.30. The van der Waals surface area contributed by atoms with Crippen LogP contribution in [0.25, 0.3) is 10.9 Å². The van der Waals surface area contributed by atoms with Gasteiger partial charge >= 0.3 is 0 Å². The third kappa shape index (κ3) is 2.01. The van der Waals surface area contributed by atoms with E-state index in [0.29, 0.717) is 0 Å². The molecule has 0 saturated heterocycles. The Morgan fingerprint density at radius 1 is 1.20 bits per heavy atom. The predicted octanol–water partition coefficient (Wildman–Crippen LogP) is 3.89. The Labute approximate surface area is 91.2 Å². The van der Waals surface area contributed by atoms with Crippen molar-refractivity contribution in [2.24, 2.45) is 0 Å². The van der Waals surface area contributed by atoms with Crippen molar-refractivity contribution in [1.29, 1.82) is 0 Å². The lowest BCUT2D eigenvalue weighted by atomic mass is 10.0. The summed E-state index contributed by atoms with van der Waals surface area (Å²) in [7, 11) is 0. The van der Waals surface area contributed by atoms with Crippen LogP contribution in [-0.4, -0.2) is 4.98 Å². The molecule has 1 heterocycles. The summed E-state index contributed by atoms with van der Waals surface area (Å²) < 4.78 is 0. The molecule has 0 atom stereocenters. The molecule has 0 bridgehead atoms. The van der Waals surface area contributed by atoms with Crippen LogP contribution in [0.2, 0.25) is 0 Å². The molecule has 0 aliphatic heterocycles.